The number of esters is 2. The van der Waals surface area contributed by atoms with E-state index >= 15 is 0 Å². The Morgan fingerprint density at radius 2 is 1.59 bits per heavy atom. The van der Waals surface area contributed by atoms with Gasteiger partial charge in [0.2, 0.25) is 0 Å². The molecule has 0 aromatic heterocycles. The highest BCUT2D eigenvalue weighted by Gasteiger charge is 2.56. The first-order valence-corrected chi connectivity index (χ1v) is 14.3. The van der Waals surface area contributed by atoms with Crippen molar-refractivity contribution in [2.24, 2.45) is 16.9 Å². The van der Waals surface area contributed by atoms with Gasteiger partial charge >= 0.3 is 11.9 Å². The lowest BCUT2D eigenvalue weighted by Crippen LogP contribution is -2.55. The van der Waals surface area contributed by atoms with Crippen LogP contribution in [0, 0.1) is 18.8 Å². The van der Waals surface area contributed by atoms with E-state index in [0.717, 1.165) is 11.3 Å². The van der Waals surface area contributed by atoms with E-state index < -0.39 is 45.3 Å². The van der Waals surface area contributed by atoms with Crippen LogP contribution in [0.4, 0.5) is 5.69 Å². The third-order valence-corrected chi connectivity index (χ3v) is 8.03. The summed E-state index contributed by atoms with van der Waals surface area (Å²) in [5.74, 6) is -4.60. The first-order valence-electron chi connectivity index (χ1n) is 12.8. The molecule has 2 aromatic rings. The number of hydrazone groups is 1. The minimum absolute atomic E-state index is 0.00655. The molecule has 39 heavy (non-hydrogen) atoms. The maximum absolute atomic E-state index is 13.4. The van der Waals surface area contributed by atoms with Crippen molar-refractivity contribution in [3.63, 3.8) is 0 Å². The second kappa shape index (κ2) is 12.2. The standard InChI is InChI=1S/C28H37N3O7S/c1-7-37-26(32)24-22(29-30-39(35,36)21-15-9-18(3)10-16-21)17-28(4,34)25(27(33)38-8-2)23(24)19-11-13-20(14-12-19)31(5)6/h9-16,23-25,30,34H,7-8,17H2,1-6H3/b29-22-/t23-,24-,25+,28+/m1/s1. The Bertz CT molecular complexity index is 1300. The van der Waals surface area contributed by atoms with Crippen LogP contribution in [0.15, 0.2) is 58.5 Å². The molecule has 3 rings (SSSR count). The second-order valence-corrected chi connectivity index (χ2v) is 11.7. The van der Waals surface area contributed by atoms with Crippen molar-refractivity contribution in [3.05, 3.63) is 59.7 Å². The highest BCUT2D eigenvalue weighted by atomic mass is 32.2. The van der Waals surface area contributed by atoms with Crippen molar-refractivity contribution in [1.29, 1.82) is 0 Å². The SMILES string of the molecule is CCOC(=O)[C@@H]1/C(=N\NS(=O)(=O)c2ccc(C)cc2)C[C@](C)(O)[C@H](C(=O)OCC)[C@@H]1c1ccc(N(C)C)cc1. The highest BCUT2D eigenvalue weighted by molar-refractivity contribution is 7.89. The van der Waals surface area contributed by atoms with E-state index in [9.17, 15) is 23.1 Å². The van der Waals surface area contributed by atoms with Crippen molar-refractivity contribution < 1.29 is 32.6 Å². The molecule has 2 N–H and O–H groups in total. The molecule has 1 fully saturated rings. The van der Waals surface area contributed by atoms with Crippen molar-refractivity contribution in [2.75, 3.05) is 32.2 Å². The van der Waals surface area contributed by atoms with Crippen LogP contribution < -0.4 is 9.73 Å². The van der Waals surface area contributed by atoms with Crippen molar-refractivity contribution >= 4 is 33.4 Å². The first kappa shape index (κ1) is 30.1. The molecule has 11 heteroatoms. The number of carbonyl (C=O) groups excluding carboxylic acids is 2. The summed E-state index contributed by atoms with van der Waals surface area (Å²) < 4.78 is 36.7. The van der Waals surface area contributed by atoms with Crippen LogP contribution in [-0.2, 0) is 29.1 Å². The summed E-state index contributed by atoms with van der Waals surface area (Å²) in [5, 5.41) is 15.7. The third-order valence-electron chi connectivity index (χ3n) is 6.80. The zero-order valence-corrected chi connectivity index (χ0v) is 24.0. The molecule has 2 aromatic carbocycles. The van der Waals surface area contributed by atoms with Crippen LogP contribution in [0.2, 0.25) is 0 Å². The summed E-state index contributed by atoms with van der Waals surface area (Å²) in [6.07, 6.45) is -0.261. The van der Waals surface area contributed by atoms with Gasteiger partial charge < -0.3 is 19.5 Å². The molecule has 0 bridgehead atoms. The summed E-state index contributed by atoms with van der Waals surface area (Å²) >= 11 is 0. The van der Waals surface area contributed by atoms with E-state index in [2.05, 4.69) is 9.93 Å². The Kier molecular flexibility index (Phi) is 9.39. The van der Waals surface area contributed by atoms with Crippen LogP contribution >= 0.6 is 0 Å². The van der Waals surface area contributed by atoms with E-state index in [4.69, 9.17) is 9.47 Å². The van der Waals surface area contributed by atoms with E-state index in [1.54, 1.807) is 38.1 Å². The number of hydrogen-bond donors (Lipinski definition) is 2. The van der Waals surface area contributed by atoms with E-state index in [-0.39, 0.29) is 30.2 Å². The average molecular weight is 560 g/mol. The number of nitrogens with zero attached hydrogens (tertiary/aromatic N) is 2. The van der Waals surface area contributed by atoms with Gasteiger partial charge in [0, 0.05) is 32.1 Å². The molecule has 0 unspecified atom stereocenters. The first-order chi connectivity index (χ1) is 18.3. The van der Waals surface area contributed by atoms with Crippen LogP contribution in [0.25, 0.3) is 0 Å². The number of ether oxygens (including phenoxy) is 2. The van der Waals surface area contributed by atoms with Gasteiger partial charge in [-0.05, 0) is 57.5 Å². The van der Waals surface area contributed by atoms with Crippen LogP contribution in [0.1, 0.15) is 44.2 Å². The molecule has 0 amide bonds. The molecular formula is C28H37N3O7S. The Morgan fingerprint density at radius 3 is 2.13 bits per heavy atom. The number of anilines is 1. The number of sulfonamides is 1. The van der Waals surface area contributed by atoms with Gasteiger partial charge in [0.15, 0.2) is 0 Å². The van der Waals surface area contributed by atoms with Gasteiger partial charge in [-0.3, -0.25) is 9.59 Å². The molecule has 1 saturated carbocycles. The van der Waals surface area contributed by atoms with Gasteiger partial charge in [0.05, 0.1) is 35.3 Å². The molecule has 1 aliphatic rings. The van der Waals surface area contributed by atoms with Crippen LogP contribution in [0.5, 0.6) is 0 Å². The topological polar surface area (TPSA) is 135 Å². The highest BCUT2D eigenvalue weighted by Crippen LogP contribution is 2.47. The van der Waals surface area contributed by atoms with Crippen LogP contribution in [0.3, 0.4) is 0 Å². The molecule has 10 nitrogen and oxygen atoms in total. The Morgan fingerprint density at radius 1 is 1.03 bits per heavy atom. The smallest absolute Gasteiger partial charge is 0.315 e. The summed E-state index contributed by atoms with van der Waals surface area (Å²) in [7, 11) is -0.313. The lowest BCUT2D eigenvalue weighted by atomic mass is 9.61. The maximum Gasteiger partial charge on any atom is 0.315 e. The van der Waals surface area contributed by atoms with Crippen LogP contribution in [-0.4, -0.2) is 64.1 Å². The fourth-order valence-corrected chi connectivity index (χ4v) is 5.74. The quantitative estimate of drug-likeness (QED) is 0.354. The van der Waals surface area contributed by atoms with Crippen molar-refractivity contribution in [3.8, 4) is 0 Å². The van der Waals surface area contributed by atoms with Gasteiger partial charge in [-0.1, -0.05) is 29.8 Å². The molecule has 0 aliphatic heterocycles. The minimum atomic E-state index is -4.08. The molecule has 4 atom stereocenters. The zero-order valence-electron chi connectivity index (χ0n) is 23.2. The number of aliphatic hydroxyl groups is 1. The second-order valence-electron chi connectivity index (χ2n) is 10.0. The Balaban J connectivity index is 2.16. The number of nitrogens with one attached hydrogen (secondary N) is 1. The number of hydrogen-bond acceptors (Lipinski definition) is 9. The predicted molar refractivity (Wildman–Crippen MR) is 148 cm³/mol. The van der Waals surface area contributed by atoms with Crippen molar-refractivity contribution in [2.45, 2.75) is 50.5 Å². The molecular weight excluding hydrogens is 522 g/mol. The fourth-order valence-electron chi connectivity index (χ4n) is 4.90. The number of aryl methyl sites for hydroxylation is 1. The summed E-state index contributed by atoms with van der Waals surface area (Å²) in [4.78, 5) is 30.8. The molecule has 1 aliphatic carbocycles. The maximum atomic E-state index is 13.4. The van der Waals surface area contributed by atoms with Crippen molar-refractivity contribution in [1.82, 2.24) is 4.83 Å². The summed E-state index contributed by atoms with van der Waals surface area (Å²) in [6.45, 7) is 6.75. The Hall–Kier alpha value is -3.44. The molecule has 0 spiro atoms. The average Bonchev–Trinajstić information content (AvgIpc) is 2.87. The lowest BCUT2D eigenvalue weighted by Gasteiger charge is -2.45. The molecule has 0 heterocycles. The minimum Gasteiger partial charge on any atom is -0.466 e. The number of carbonyl (C=O) groups is 2. The molecule has 212 valence electrons. The Labute approximate surface area is 230 Å². The zero-order chi connectivity index (χ0) is 29.0. The van der Waals surface area contributed by atoms with Gasteiger partial charge in [-0.25, -0.2) is 4.83 Å². The fraction of sp³-hybridized carbons (Fsp3) is 0.464. The lowest BCUT2D eigenvalue weighted by molar-refractivity contribution is -0.163. The normalized spacial score (nSPS) is 24.2. The summed E-state index contributed by atoms with van der Waals surface area (Å²) in [6, 6.07) is 13.4. The third kappa shape index (κ3) is 6.77. The van der Waals surface area contributed by atoms with Gasteiger partial charge in [0.1, 0.15) is 5.92 Å². The molecule has 0 radical (unpaired) electrons. The monoisotopic (exact) mass is 559 g/mol. The van der Waals surface area contributed by atoms with Gasteiger partial charge in [-0.2, -0.15) is 13.5 Å². The number of rotatable bonds is 9. The van der Waals surface area contributed by atoms with E-state index in [0.29, 0.717) is 5.56 Å². The largest absolute Gasteiger partial charge is 0.466 e. The number of benzene rings is 2. The predicted octanol–water partition coefficient (Wildman–Crippen LogP) is 2.99. The summed E-state index contributed by atoms with van der Waals surface area (Å²) in [5.41, 5.74) is 0.691. The van der Waals surface area contributed by atoms with Gasteiger partial charge in [0.25, 0.3) is 10.0 Å². The van der Waals surface area contributed by atoms with Gasteiger partial charge in [-0.15, -0.1) is 0 Å². The van der Waals surface area contributed by atoms with E-state index in [1.807, 2.05) is 38.1 Å². The molecule has 0 saturated heterocycles. The van der Waals surface area contributed by atoms with E-state index in [1.165, 1.54) is 19.1 Å².